The molecule has 0 spiro atoms. The van der Waals surface area contributed by atoms with Gasteiger partial charge in [-0.25, -0.2) is 14.8 Å². The molecule has 1 aromatic carbocycles. The van der Waals surface area contributed by atoms with E-state index in [1.54, 1.807) is 25.2 Å². The molecule has 3 N–H and O–H groups in total. The van der Waals surface area contributed by atoms with Crippen LogP contribution in [0.2, 0.25) is 0 Å². The summed E-state index contributed by atoms with van der Waals surface area (Å²) >= 11 is 0. The second-order valence-electron chi connectivity index (χ2n) is 12.5. The number of amides is 3. The van der Waals surface area contributed by atoms with Gasteiger partial charge in [-0.05, 0) is 81.1 Å². The first-order valence-corrected chi connectivity index (χ1v) is 15.4. The highest BCUT2D eigenvalue weighted by Crippen LogP contribution is 2.35. The first-order chi connectivity index (χ1) is 19.9. The van der Waals surface area contributed by atoms with Crippen LogP contribution in [0.3, 0.4) is 0 Å². The van der Waals surface area contributed by atoms with Crippen molar-refractivity contribution in [2.75, 3.05) is 57.0 Å². The van der Waals surface area contributed by atoms with E-state index in [0.717, 1.165) is 37.7 Å². The quantitative estimate of drug-likeness (QED) is 0.549. The second-order valence-corrected chi connectivity index (χ2v) is 12.5. The van der Waals surface area contributed by atoms with Gasteiger partial charge in [0, 0.05) is 45.5 Å². The first-order valence-electron chi connectivity index (χ1n) is 15.4. The van der Waals surface area contributed by atoms with Crippen molar-refractivity contribution in [3.05, 3.63) is 41.7 Å². The van der Waals surface area contributed by atoms with E-state index >= 15 is 0 Å². The highest BCUT2D eigenvalue weighted by atomic mass is 16.2. The Morgan fingerprint density at radius 3 is 2.34 bits per heavy atom. The normalized spacial score (nSPS) is 24.0. The van der Waals surface area contributed by atoms with Crippen molar-refractivity contribution in [3.8, 4) is 0 Å². The van der Waals surface area contributed by atoms with Crippen molar-refractivity contribution in [1.82, 2.24) is 24.7 Å². The molecular weight excluding hydrogens is 516 g/mol. The average Bonchev–Trinajstić information content (AvgIpc) is 3.67. The van der Waals surface area contributed by atoms with Crippen molar-refractivity contribution in [3.63, 3.8) is 0 Å². The maximum absolute atomic E-state index is 12.8. The zero-order valence-corrected chi connectivity index (χ0v) is 24.5. The second kappa shape index (κ2) is 11.8. The molecule has 2 aromatic rings. The Balaban J connectivity index is 1.13. The highest BCUT2D eigenvalue weighted by molar-refractivity contribution is 5.96. The standard InChI is InChI=1S/C31H44N8O2/c1-36(2)31(41)39-18-14-23-13-17-38(20-26(23)39)27-19-33-28(29(32)40)30(35-27)34-24-9-7-21(8-10-24)22-11-15-37(16-12-22)25-5-3-4-6-25/h7-10,19,22-23,25-26H,3-6,11-18,20H2,1-2H3,(H2,32,40)(H,34,35)/t23-,26-/m0/s1. The summed E-state index contributed by atoms with van der Waals surface area (Å²) in [5.41, 5.74) is 8.02. The number of carbonyl (C=O) groups is 2. The summed E-state index contributed by atoms with van der Waals surface area (Å²) in [6.45, 7) is 4.71. The van der Waals surface area contributed by atoms with Gasteiger partial charge < -0.3 is 30.7 Å². The number of benzene rings is 1. The van der Waals surface area contributed by atoms with Crippen LogP contribution in [-0.4, -0.2) is 95.5 Å². The molecule has 3 saturated heterocycles. The molecule has 1 aromatic heterocycles. The Morgan fingerprint density at radius 1 is 0.951 bits per heavy atom. The van der Waals surface area contributed by atoms with Crippen molar-refractivity contribution in [1.29, 1.82) is 0 Å². The SMILES string of the molecule is CN(C)C(=O)N1CC[C@@H]2CCN(c3cnc(C(N)=O)c(Nc4ccc(C5CCN(C6CCCC6)CC5)cc4)n3)C[C@@H]21. The summed E-state index contributed by atoms with van der Waals surface area (Å²) in [4.78, 5) is 42.7. The van der Waals surface area contributed by atoms with E-state index in [9.17, 15) is 9.59 Å². The summed E-state index contributed by atoms with van der Waals surface area (Å²) in [6, 6.07) is 9.52. The number of nitrogens with zero attached hydrogens (tertiary/aromatic N) is 6. The molecule has 3 aliphatic heterocycles. The van der Waals surface area contributed by atoms with Crippen molar-refractivity contribution < 1.29 is 9.59 Å². The van der Waals surface area contributed by atoms with Gasteiger partial charge in [0.25, 0.3) is 5.91 Å². The number of carbonyl (C=O) groups excluding carboxylic acids is 2. The van der Waals surface area contributed by atoms with Gasteiger partial charge in [-0.1, -0.05) is 25.0 Å². The molecule has 6 rings (SSSR count). The molecule has 0 unspecified atom stereocenters. The third kappa shape index (κ3) is 5.84. The zero-order chi connectivity index (χ0) is 28.5. The van der Waals surface area contributed by atoms with Gasteiger partial charge in [0.1, 0.15) is 5.82 Å². The molecule has 4 fully saturated rings. The van der Waals surface area contributed by atoms with Crippen LogP contribution in [0.5, 0.6) is 0 Å². The number of hydrogen-bond donors (Lipinski definition) is 2. The minimum atomic E-state index is -0.616. The predicted molar refractivity (Wildman–Crippen MR) is 161 cm³/mol. The number of nitrogens with two attached hydrogens (primary N) is 1. The van der Waals surface area contributed by atoms with Crippen LogP contribution in [0.4, 0.5) is 22.1 Å². The molecule has 41 heavy (non-hydrogen) atoms. The van der Waals surface area contributed by atoms with Crippen LogP contribution in [0, 0.1) is 5.92 Å². The average molecular weight is 561 g/mol. The van der Waals surface area contributed by atoms with E-state index in [-0.39, 0.29) is 17.8 Å². The molecular formula is C31H44N8O2. The number of aromatic nitrogens is 2. The number of piperidine rings is 2. The summed E-state index contributed by atoms with van der Waals surface area (Å²) in [6.07, 6.45) is 11.6. The Bertz CT molecular complexity index is 1240. The lowest BCUT2D eigenvalue weighted by atomic mass is 9.88. The molecule has 220 valence electrons. The Morgan fingerprint density at radius 2 is 1.66 bits per heavy atom. The van der Waals surface area contributed by atoms with Crippen LogP contribution in [0.15, 0.2) is 30.5 Å². The van der Waals surface area contributed by atoms with Crippen molar-refractivity contribution in [2.24, 2.45) is 11.7 Å². The van der Waals surface area contributed by atoms with E-state index in [1.807, 2.05) is 4.90 Å². The zero-order valence-electron chi connectivity index (χ0n) is 24.5. The fraction of sp³-hybridized carbons (Fsp3) is 0.613. The van der Waals surface area contributed by atoms with E-state index in [1.165, 1.54) is 57.2 Å². The molecule has 1 saturated carbocycles. The molecule has 2 atom stereocenters. The lowest BCUT2D eigenvalue weighted by Gasteiger charge is -2.39. The van der Waals surface area contributed by atoms with Gasteiger partial charge in [0.15, 0.2) is 11.5 Å². The maximum atomic E-state index is 12.8. The van der Waals surface area contributed by atoms with Gasteiger partial charge in [-0.3, -0.25) is 4.79 Å². The smallest absolute Gasteiger partial charge is 0.319 e. The molecule has 3 amide bonds. The number of fused-ring (bicyclic) bond motifs is 1. The number of likely N-dealkylation sites (tertiary alicyclic amines) is 2. The lowest BCUT2D eigenvalue weighted by Crippen LogP contribution is -2.52. The summed E-state index contributed by atoms with van der Waals surface area (Å²) in [7, 11) is 3.60. The highest BCUT2D eigenvalue weighted by Gasteiger charge is 2.41. The summed E-state index contributed by atoms with van der Waals surface area (Å²) in [5.74, 6) is 1.52. The molecule has 4 aliphatic rings. The van der Waals surface area contributed by atoms with Crippen LogP contribution in [-0.2, 0) is 0 Å². The number of urea groups is 1. The Kier molecular flexibility index (Phi) is 8.01. The molecule has 10 heteroatoms. The summed E-state index contributed by atoms with van der Waals surface area (Å²) < 4.78 is 0. The Labute approximate surface area is 243 Å². The van der Waals surface area contributed by atoms with E-state index in [0.29, 0.717) is 30.0 Å². The van der Waals surface area contributed by atoms with Crippen LogP contribution >= 0.6 is 0 Å². The topological polar surface area (TPSA) is 111 Å². The number of rotatable bonds is 6. The van der Waals surface area contributed by atoms with Gasteiger partial charge in [0.05, 0.1) is 12.2 Å². The third-order valence-electron chi connectivity index (χ3n) is 9.82. The van der Waals surface area contributed by atoms with Crippen LogP contribution < -0.4 is 16.0 Å². The minimum absolute atomic E-state index is 0.0553. The maximum Gasteiger partial charge on any atom is 0.319 e. The Hall–Kier alpha value is -3.40. The van der Waals surface area contributed by atoms with E-state index in [4.69, 9.17) is 10.7 Å². The van der Waals surface area contributed by atoms with E-state index < -0.39 is 5.91 Å². The fourth-order valence-corrected chi connectivity index (χ4v) is 7.49. The van der Waals surface area contributed by atoms with Gasteiger partial charge in [0.2, 0.25) is 0 Å². The first kappa shape index (κ1) is 27.8. The molecule has 0 bridgehead atoms. The van der Waals surface area contributed by atoms with Crippen LogP contribution in [0.25, 0.3) is 0 Å². The monoisotopic (exact) mass is 560 g/mol. The van der Waals surface area contributed by atoms with Crippen molar-refractivity contribution in [2.45, 2.75) is 69.4 Å². The van der Waals surface area contributed by atoms with Gasteiger partial charge >= 0.3 is 6.03 Å². The molecule has 0 radical (unpaired) electrons. The third-order valence-corrected chi connectivity index (χ3v) is 9.82. The molecule has 10 nitrogen and oxygen atoms in total. The largest absolute Gasteiger partial charge is 0.364 e. The lowest BCUT2D eigenvalue weighted by molar-refractivity contribution is 0.0996. The van der Waals surface area contributed by atoms with Crippen LogP contribution in [0.1, 0.15) is 73.3 Å². The number of nitrogens with one attached hydrogen (secondary N) is 1. The molecule has 1 aliphatic carbocycles. The number of hydrogen-bond acceptors (Lipinski definition) is 7. The van der Waals surface area contributed by atoms with E-state index in [2.05, 4.69) is 44.4 Å². The fourth-order valence-electron chi connectivity index (χ4n) is 7.49. The van der Waals surface area contributed by atoms with Crippen molar-refractivity contribution >= 4 is 29.3 Å². The van der Waals surface area contributed by atoms with Gasteiger partial charge in [-0.2, -0.15) is 0 Å². The number of primary amides is 1. The predicted octanol–water partition coefficient (Wildman–Crippen LogP) is 4.02. The van der Waals surface area contributed by atoms with Gasteiger partial charge in [-0.15, -0.1) is 0 Å². The minimum Gasteiger partial charge on any atom is -0.364 e. The molecule has 4 heterocycles. The number of anilines is 3. The summed E-state index contributed by atoms with van der Waals surface area (Å²) in [5, 5.41) is 3.32.